The second-order valence-corrected chi connectivity index (χ2v) is 8.02. The van der Waals surface area contributed by atoms with Crippen molar-refractivity contribution in [1.29, 1.82) is 0 Å². The molecule has 2 aromatic rings. The van der Waals surface area contributed by atoms with Gasteiger partial charge in [-0.2, -0.15) is 0 Å². The smallest absolute Gasteiger partial charge is 0.228 e. The largest absolute Gasteiger partial charge is 0.326 e. The summed E-state index contributed by atoms with van der Waals surface area (Å²) in [4.78, 5) is 15.0. The van der Waals surface area contributed by atoms with Crippen molar-refractivity contribution in [2.75, 3.05) is 18.4 Å². The minimum atomic E-state index is -0.00403. The Balaban J connectivity index is 1.63. The van der Waals surface area contributed by atoms with E-state index in [1.165, 1.54) is 0 Å². The molecule has 26 heavy (non-hydrogen) atoms. The first-order chi connectivity index (χ1) is 12.4. The van der Waals surface area contributed by atoms with Gasteiger partial charge in [0.1, 0.15) is 0 Å². The molecule has 1 aliphatic heterocycles. The summed E-state index contributed by atoms with van der Waals surface area (Å²) in [7, 11) is 0. The molecule has 0 radical (unpaired) electrons. The van der Waals surface area contributed by atoms with E-state index in [2.05, 4.69) is 16.3 Å². The van der Waals surface area contributed by atoms with Crippen molar-refractivity contribution >= 4 is 34.8 Å². The lowest BCUT2D eigenvalue weighted by Crippen LogP contribution is -2.40. The number of amides is 1. The summed E-state index contributed by atoms with van der Waals surface area (Å²) in [5.74, 6) is 0.0950. The van der Waals surface area contributed by atoms with Crippen LogP contribution in [-0.4, -0.2) is 23.9 Å². The highest BCUT2D eigenvalue weighted by Gasteiger charge is 2.26. The molecule has 1 atom stereocenters. The van der Waals surface area contributed by atoms with Crippen LogP contribution in [0.15, 0.2) is 36.4 Å². The fraction of sp³-hybridized carbons (Fsp3) is 0.381. The van der Waals surface area contributed by atoms with Crippen LogP contribution in [0.5, 0.6) is 0 Å². The SMILES string of the molecule is Cc1cc(C)cc(NC(=O)[C@H]2CCCN(Cc3ccc(Cl)cc3Cl)C2)c1. The van der Waals surface area contributed by atoms with E-state index in [4.69, 9.17) is 23.2 Å². The molecule has 0 bridgehead atoms. The molecule has 0 aliphatic carbocycles. The number of halogens is 2. The summed E-state index contributed by atoms with van der Waals surface area (Å²) in [5.41, 5.74) is 4.24. The number of likely N-dealkylation sites (tertiary alicyclic amines) is 1. The van der Waals surface area contributed by atoms with Crippen LogP contribution in [0.25, 0.3) is 0 Å². The number of carbonyl (C=O) groups excluding carboxylic acids is 1. The monoisotopic (exact) mass is 390 g/mol. The average molecular weight is 391 g/mol. The summed E-state index contributed by atoms with van der Waals surface area (Å²) >= 11 is 12.3. The van der Waals surface area contributed by atoms with Crippen molar-refractivity contribution in [2.24, 2.45) is 5.92 Å². The lowest BCUT2D eigenvalue weighted by molar-refractivity contribution is -0.121. The van der Waals surface area contributed by atoms with Crippen molar-refractivity contribution in [2.45, 2.75) is 33.2 Å². The molecule has 1 amide bonds. The van der Waals surface area contributed by atoms with Gasteiger partial charge < -0.3 is 5.32 Å². The molecule has 0 aromatic heterocycles. The lowest BCUT2D eigenvalue weighted by Gasteiger charge is -2.32. The van der Waals surface area contributed by atoms with Crippen LogP contribution < -0.4 is 5.32 Å². The minimum Gasteiger partial charge on any atom is -0.326 e. The number of benzene rings is 2. The van der Waals surface area contributed by atoms with Crippen LogP contribution in [0.1, 0.15) is 29.5 Å². The van der Waals surface area contributed by atoms with E-state index in [9.17, 15) is 4.79 Å². The Kier molecular flexibility index (Phi) is 6.23. The summed E-state index contributed by atoms with van der Waals surface area (Å²) in [6.07, 6.45) is 1.93. The van der Waals surface area contributed by atoms with Crippen LogP contribution in [0.2, 0.25) is 10.0 Å². The third kappa shape index (κ3) is 5.00. The molecule has 3 rings (SSSR count). The third-order valence-electron chi connectivity index (χ3n) is 4.77. The number of nitrogens with zero attached hydrogens (tertiary/aromatic N) is 1. The summed E-state index contributed by atoms with van der Waals surface area (Å²) in [5, 5.41) is 4.41. The molecule has 1 heterocycles. The lowest BCUT2D eigenvalue weighted by atomic mass is 9.96. The fourth-order valence-corrected chi connectivity index (χ4v) is 4.06. The third-order valence-corrected chi connectivity index (χ3v) is 5.36. The van der Waals surface area contributed by atoms with Gasteiger partial charge in [0.2, 0.25) is 5.91 Å². The summed E-state index contributed by atoms with van der Waals surface area (Å²) < 4.78 is 0. The molecule has 0 spiro atoms. The summed E-state index contributed by atoms with van der Waals surface area (Å²) in [6, 6.07) is 11.7. The van der Waals surface area contributed by atoms with Crippen LogP contribution in [-0.2, 0) is 11.3 Å². The Morgan fingerprint density at radius 3 is 2.58 bits per heavy atom. The molecule has 1 fully saturated rings. The quantitative estimate of drug-likeness (QED) is 0.751. The number of piperidine rings is 1. The number of nitrogens with one attached hydrogen (secondary N) is 1. The van der Waals surface area contributed by atoms with Gasteiger partial charge in [-0.15, -0.1) is 0 Å². The molecule has 1 saturated heterocycles. The molecule has 0 saturated carbocycles. The van der Waals surface area contributed by atoms with Gasteiger partial charge in [-0.05, 0) is 74.2 Å². The first kappa shape index (κ1) is 19.2. The number of aryl methyl sites for hydroxylation is 2. The van der Waals surface area contributed by atoms with E-state index in [1.54, 1.807) is 6.07 Å². The molecule has 5 heteroatoms. The van der Waals surface area contributed by atoms with Gasteiger partial charge >= 0.3 is 0 Å². The van der Waals surface area contributed by atoms with Crippen LogP contribution in [0.4, 0.5) is 5.69 Å². The predicted molar refractivity (Wildman–Crippen MR) is 109 cm³/mol. The summed E-state index contributed by atoms with van der Waals surface area (Å²) in [6.45, 7) is 6.55. The maximum Gasteiger partial charge on any atom is 0.228 e. The Morgan fingerprint density at radius 1 is 1.15 bits per heavy atom. The zero-order valence-electron chi connectivity index (χ0n) is 15.2. The number of hydrogen-bond donors (Lipinski definition) is 1. The fourth-order valence-electron chi connectivity index (χ4n) is 3.60. The number of anilines is 1. The first-order valence-electron chi connectivity index (χ1n) is 8.96. The number of hydrogen-bond acceptors (Lipinski definition) is 2. The normalized spacial score (nSPS) is 17.9. The Labute approximate surface area is 165 Å². The maximum absolute atomic E-state index is 12.7. The van der Waals surface area contributed by atoms with Gasteiger partial charge in [0.15, 0.2) is 0 Å². The van der Waals surface area contributed by atoms with E-state index >= 15 is 0 Å². The Morgan fingerprint density at radius 2 is 1.88 bits per heavy atom. The van der Waals surface area contributed by atoms with Gasteiger partial charge in [0.05, 0.1) is 5.92 Å². The maximum atomic E-state index is 12.7. The number of carbonyl (C=O) groups is 1. The molecule has 138 valence electrons. The molecule has 0 unspecified atom stereocenters. The van der Waals surface area contributed by atoms with Crippen LogP contribution in [0, 0.1) is 19.8 Å². The van der Waals surface area contributed by atoms with Crippen molar-refractivity contribution < 1.29 is 4.79 Å². The molecule has 3 nitrogen and oxygen atoms in total. The van der Waals surface area contributed by atoms with E-state index in [1.807, 2.05) is 38.1 Å². The minimum absolute atomic E-state index is 0.00403. The molecule has 2 aromatic carbocycles. The number of rotatable bonds is 4. The standard InChI is InChI=1S/C21H24Cl2N2O/c1-14-8-15(2)10-19(9-14)24-21(26)17-4-3-7-25(13-17)12-16-5-6-18(22)11-20(16)23/h5-6,8-11,17H,3-4,7,12-13H2,1-2H3,(H,24,26)/t17-/m0/s1. The van der Waals surface area contributed by atoms with Crippen molar-refractivity contribution in [1.82, 2.24) is 4.90 Å². The highest BCUT2D eigenvalue weighted by molar-refractivity contribution is 6.35. The van der Waals surface area contributed by atoms with Crippen LogP contribution >= 0.6 is 23.2 Å². The van der Waals surface area contributed by atoms with E-state index in [0.29, 0.717) is 10.0 Å². The van der Waals surface area contributed by atoms with Gasteiger partial charge in [-0.3, -0.25) is 9.69 Å². The Bertz CT molecular complexity index is 786. The highest BCUT2D eigenvalue weighted by Crippen LogP contribution is 2.25. The zero-order valence-corrected chi connectivity index (χ0v) is 16.7. The Hall–Kier alpha value is -1.55. The predicted octanol–water partition coefficient (Wildman–Crippen LogP) is 5.46. The van der Waals surface area contributed by atoms with Gasteiger partial charge in [0, 0.05) is 28.8 Å². The topological polar surface area (TPSA) is 32.3 Å². The van der Waals surface area contributed by atoms with Gasteiger partial charge in [-0.1, -0.05) is 35.3 Å². The first-order valence-corrected chi connectivity index (χ1v) is 9.72. The molecular formula is C21H24Cl2N2O. The zero-order chi connectivity index (χ0) is 18.7. The highest BCUT2D eigenvalue weighted by atomic mass is 35.5. The molecular weight excluding hydrogens is 367 g/mol. The second kappa shape index (κ2) is 8.43. The van der Waals surface area contributed by atoms with E-state index in [-0.39, 0.29) is 11.8 Å². The van der Waals surface area contributed by atoms with Crippen LogP contribution in [0.3, 0.4) is 0 Å². The van der Waals surface area contributed by atoms with Gasteiger partial charge in [0.25, 0.3) is 0 Å². The van der Waals surface area contributed by atoms with Crippen molar-refractivity contribution in [3.8, 4) is 0 Å². The van der Waals surface area contributed by atoms with E-state index in [0.717, 1.165) is 54.9 Å². The van der Waals surface area contributed by atoms with Crippen molar-refractivity contribution in [3.63, 3.8) is 0 Å². The van der Waals surface area contributed by atoms with E-state index < -0.39 is 0 Å². The van der Waals surface area contributed by atoms with Crippen molar-refractivity contribution in [3.05, 3.63) is 63.1 Å². The average Bonchev–Trinajstić information content (AvgIpc) is 2.57. The molecule has 1 N–H and O–H groups in total. The molecule has 1 aliphatic rings. The second-order valence-electron chi connectivity index (χ2n) is 7.18. The van der Waals surface area contributed by atoms with Gasteiger partial charge in [-0.25, -0.2) is 0 Å².